The standard InChI is InChI=1S/C16H26O2/c1-4-15(17)18-16(2,3)14-11-7-9-12-8-5-6-10-13(12)14/h4,12-14H,1,5-11H2,2-3H3/t12?,13-,14+/m0/s1. The van der Waals surface area contributed by atoms with Crippen LogP contribution in [0.1, 0.15) is 58.8 Å². The summed E-state index contributed by atoms with van der Waals surface area (Å²) in [5, 5.41) is 0. The fraction of sp³-hybridized carbons (Fsp3) is 0.812. The quantitative estimate of drug-likeness (QED) is 0.557. The van der Waals surface area contributed by atoms with Gasteiger partial charge >= 0.3 is 5.97 Å². The Morgan fingerprint density at radius 1 is 1.17 bits per heavy atom. The second-order valence-electron chi connectivity index (χ2n) is 6.47. The Morgan fingerprint density at radius 2 is 1.83 bits per heavy atom. The van der Waals surface area contributed by atoms with Gasteiger partial charge in [0.2, 0.25) is 0 Å². The van der Waals surface area contributed by atoms with Crippen LogP contribution in [0.5, 0.6) is 0 Å². The van der Waals surface area contributed by atoms with Crippen LogP contribution in [-0.4, -0.2) is 11.6 Å². The maximum Gasteiger partial charge on any atom is 0.330 e. The Kier molecular flexibility index (Phi) is 4.14. The highest BCUT2D eigenvalue weighted by Crippen LogP contribution is 2.48. The van der Waals surface area contributed by atoms with E-state index in [9.17, 15) is 4.79 Å². The lowest BCUT2D eigenvalue weighted by atomic mass is 9.61. The summed E-state index contributed by atoms with van der Waals surface area (Å²) < 4.78 is 5.62. The van der Waals surface area contributed by atoms with Gasteiger partial charge in [-0.25, -0.2) is 4.79 Å². The van der Waals surface area contributed by atoms with E-state index in [1.165, 1.54) is 51.0 Å². The van der Waals surface area contributed by atoms with Crippen molar-refractivity contribution >= 4 is 5.97 Å². The molecule has 3 atom stereocenters. The molecule has 2 rings (SSSR count). The molecule has 2 nitrogen and oxygen atoms in total. The van der Waals surface area contributed by atoms with Gasteiger partial charge in [0.15, 0.2) is 0 Å². The van der Waals surface area contributed by atoms with E-state index in [1.54, 1.807) is 0 Å². The summed E-state index contributed by atoms with van der Waals surface area (Å²) in [6.07, 6.45) is 10.6. The minimum Gasteiger partial charge on any atom is -0.456 e. The predicted molar refractivity (Wildman–Crippen MR) is 73.2 cm³/mol. The number of carbonyl (C=O) groups excluding carboxylic acids is 1. The van der Waals surface area contributed by atoms with Crippen molar-refractivity contribution < 1.29 is 9.53 Å². The SMILES string of the molecule is C=CC(=O)OC(C)(C)[C@@H]1CCCC2CCCC[C@@H]21. The maximum atomic E-state index is 11.5. The molecule has 0 saturated heterocycles. The van der Waals surface area contributed by atoms with E-state index in [4.69, 9.17) is 4.74 Å². The summed E-state index contributed by atoms with van der Waals surface area (Å²) >= 11 is 0. The first-order valence-electron chi connectivity index (χ1n) is 7.40. The van der Waals surface area contributed by atoms with Crippen molar-refractivity contribution in [1.82, 2.24) is 0 Å². The Morgan fingerprint density at radius 3 is 2.56 bits per heavy atom. The van der Waals surface area contributed by atoms with Gasteiger partial charge < -0.3 is 4.74 Å². The number of hydrogen-bond acceptors (Lipinski definition) is 2. The lowest BCUT2D eigenvalue weighted by Gasteiger charge is -2.47. The van der Waals surface area contributed by atoms with Gasteiger partial charge in [-0.05, 0) is 38.5 Å². The molecule has 18 heavy (non-hydrogen) atoms. The summed E-state index contributed by atoms with van der Waals surface area (Å²) in [6.45, 7) is 7.66. The number of fused-ring (bicyclic) bond motifs is 1. The van der Waals surface area contributed by atoms with Gasteiger partial charge in [-0.2, -0.15) is 0 Å². The average Bonchev–Trinajstić information content (AvgIpc) is 2.37. The largest absolute Gasteiger partial charge is 0.456 e. The van der Waals surface area contributed by atoms with Crippen LogP contribution in [0.2, 0.25) is 0 Å². The van der Waals surface area contributed by atoms with Crippen LogP contribution in [-0.2, 0) is 9.53 Å². The number of rotatable bonds is 3. The van der Waals surface area contributed by atoms with E-state index < -0.39 is 0 Å². The molecule has 102 valence electrons. The molecule has 0 aromatic rings. The third kappa shape index (κ3) is 2.78. The van der Waals surface area contributed by atoms with Crippen molar-refractivity contribution in [2.24, 2.45) is 17.8 Å². The normalized spacial score (nSPS) is 32.4. The van der Waals surface area contributed by atoms with Gasteiger partial charge in [-0.15, -0.1) is 0 Å². The Balaban J connectivity index is 2.09. The van der Waals surface area contributed by atoms with Crippen molar-refractivity contribution in [3.63, 3.8) is 0 Å². The second-order valence-corrected chi connectivity index (χ2v) is 6.47. The van der Waals surface area contributed by atoms with Crippen LogP contribution in [0.3, 0.4) is 0 Å². The average molecular weight is 250 g/mol. The summed E-state index contributed by atoms with van der Waals surface area (Å²) in [5.41, 5.74) is -0.341. The first-order chi connectivity index (χ1) is 8.54. The number of ether oxygens (including phenoxy) is 1. The molecule has 2 aliphatic rings. The third-order valence-electron chi connectivity index (χ3n) is 5.00. The number of esters is 1. The maximum absolute atomic E-state index is 11.5. The molecule has 0 aromatic carbocycles. The van der Waals surface area contributed by atoms with E-state index in [1.807, 2.05) is 0 Å². The Hall–Kier alpha value is -0.790. The molecule has 0 amide bonds. The van der Waals surface area contributed by atoms with Gasteiger partial charge in [0.05, 0.1) is 0 Å². The first kappa shape index (κ1) is 13.6. The van der Waals surface area contributed by atoms with Crippen molar-refractivity contribution in [3.8, 4) is 0 Å². The van der Waals surface area contributed by atoms with E-state index in [2.05, 4.69) is 20.4 Å². The fourth-order valence-electron chi connectivity index (χ4n) is 4.18. The predicted octanol–water partition coefficient (Wildman–Crippen LogP) is 4.10. The monoisotopic (exact) mass is 250 g/mol. The molecule has 0 bridgehead atoms. The van der Waals surface area contributed by atoms with Gasteiger partial charge in [-0.3, -0.25) is 0 Å². The van der Waals surface area contributed by atoms with Crippen LogP contribution in [0.25, 0.3) is 0 Å². The summed E-state index contributed by atoms with van der Waals surface area (Å²) in [7, 11) is 0. The lowest BCUT2D eigenvalue weighted by molar-refractivity contribution is -0.161. The molecule has 1 unspecified atom stereocenters. The zero-order valence-electron chi connectivity index (χ0n) is 11.8. The van der Waals surface area contributed by atoms with Crippen molar-refractivity contribution in [2.45, 2.75) is 64.4 Å². The molecule has 0 N–H and O–H groups in total. The lowest BCUT2D eigenvalue weighted by Crippen LogP contribution is -2.45. The molecule has 2 aliphatic carbocycles. The molecule has 2 heteroatoms. The van der Waals surface area contributed by atoms with Crippen LogP contribution >= 0.6 is 0 Å². The smallest absolute Gasteiger partial charge is 0.330 e. The molecular formula is C16H26O2. The van der Waals surface area contributed by atoms with Crippen molar-refractivity contribution in [2.75, 3.05) is 0 Å². The molecule has 2 fully saturated rings. The number of hydrogen-bond donors (Lipinski definition) is 0. The highest BCUT2D eigenvalue weighted by atomic mass is 16.6. The fourth-order valence-corrected chi connectivity index (χ4v) is 4.18. The zero-order chi connectivity index (χ0) is 13.2. The van der Waals surface area contributed by atoms with Crippen LogP contribution in [0, 0.1) is 17.8 Å². The summed E-state index contributed by atoms with van der Waals surface area (Å²) in [5.74, 6) is 1.89. The van der Waals surface area contributed by atoms with Gasteiger partial charge in [-0.1, -0.05) is 38.7 Å². The molecule has 0 spiro atoms. The molecular weight excluding hydrogens is 224 g/mol. The Bertz CT molecular complexity index is 317. The molecule has 0 heterocycles. The minimum atomic E-state index is -0.341. The van der Waals surface area contributed by atoms with Crippen molar-refractivity contribution in [1.29, 1.82) is 0 Å². The van der Waals surface area contributed by atoms with Crippen molar-refractivity contribution in [3.05, 3.63) is 12.7 Å². The van der Waals surface area contributed by atoms with Gasteiger partial charge in [0.1, 0.15) is 5.60 Å². The van der Waals surface area contributed by atoms with Crippen LogP contribution in [0.4, 0.5) is 0 Å². The minimum absolute atomic E-state index is 0.280. The van der Waals surface area contributed by atoms with E-state index in [-0.39, 0.29) is 11.6 Å². The van der Waals surface area contributed by atoms with Crippen LogP contribution in [0.15, 0.2) is 12.7 Å². The second kappa shape index (κ2) is 5.46. The van der Waals surface area contributed by atoms with E-state index >= 15 is 0 Å². The number of carbonyl (C=O) groups is 1. The highest BCUT2D eigenvalue weighted by Gasteiger charge is 2.44. The summed E-state index contributed by atoms with van der Waals surface area (Å²) in [6, 6.07) is 0. The summed E-state index contributed by atoms with van der Waals surface area (Å²) in [4.78, 5) is 11.5. The van der Waals surface area contributed by atoms with Crippen LogP contribution < -0.4 is 0 Å². The topological polar surface area (TPSA) is 26.3 Å². The van der Waals surface area contributed by atoms with Gasteiger partial charge in [0.25, 0.3) is 0 Å². The molecule has 2 saturated carbocycles. The van der Waals surface area contributed by atoms with Gasteiger partial charge in [0, 0.05) is 12.0 Å². The molecule has 0 aromatic heterocycles. The van der Waals surface area contributed by atoms with E-state index in [0.29, 0.717) is 5.92 Å². The third-order valence-corrected chi connectivity index (χ3v) is 5.00. The zero-order valence-corrected chi connectivity index (χ0v) is 11.8. The molecule has 0 aliphatic heterocycles. The van der Waals surface area contributed by atoms with E-state index in [0.717, 1.165) is 11.8 Å². The first-order valence-corrected chi connectivity index (χ1v) is 7.40. The Labute approximate surface area is 111 Å². The highest BCUT2D eigenvalue weighted by molar-refractivity contribution is 5.81. The molecule has 0 radical (unpaired) electrons.